The van der Waals surface area contributed by atoms with Crippen molar-refractivity contribution in [1.82, 2.24) is 0 Å². The molecule has 0 aromatic heterocycles. The molecule has 4 heteroatoms. The highest BCUT2D eigenvalue weighted by atomic mass is 32.2. The van der Waals surface area contributed by atoms with Gasteiger partial charge in [0.25, 0.3) is 0 Å². The van der Waals surface area contributed by atoms with E-state index in [-0.39, 0.29) is 5.25 Å². The number of benzene rings is 1. The van der Waals surface area contributed by atoms with Gasteiger partial charge >= 0.3 is 0 Å². The van der Waals surface area contributed by atoms with E-state index in [1.807, 2.05) is 6.92 Å². The molecular formula is C12H17NO2S. The molecule has 2 N–H and O–H groups in total. The van der Waals surface area contributed by atoms with E-state index >= 15 is 0 Å². The molecule has 16 heavy (non-hydrogen) atoms. The lowest BCUT2D eigenvalue weighted by molar-refractivity contribution is 0.579. The molecule has 0 heterocycles. The number of anilines is 1. The van der Waals surface area contributed by atoms with E-state index in [4.69, 9.17) is 5.73 Å². The highest BCUT2D eigenvalue weighted by molar-refractivity contribution is 7.92. The maximum absolute atomic E-state index is 12.4. The summed E-state index contributed by atoms with van der Waals surface area (Å²) in [7, 11) is -3.17. The van der Waals surface area contributed by atoms with Crippen molar-refractivity contribution in [3.8, 4) is 0 Å². The van der Waals surface area contributed by atoms with Crippen LogP contribution < -0.4 is 5.73 Å². The number of sulfone groups is 1. The summed E-state index contributed by atoms with van der Waals surface area (Å²) in [6.07, 6.45) is 3.61. The van der Waals surface area contributed by atoms with E-state index in [2.05, 4.69) is 0 Å². The number of nitrogens with two attached hydrogens (primary N) is 1. The minimum atomic E-state index is -3.17. The van der Waals surface area contributed by atoms with E-state index in [9.17, 15) is 8.42 Å². The van der Waals surface area contributed by atoms with Crippen LogP contribution >= 0.6 is 0 Å². The maximum Gasteiger partial charge on any atom is 0.181 e. The molecule has 1 fully saturated rings. The van der Waals surface area contributed by atoms with Gasteiger partial charge in [0.2, 0.25) is 0 Å². The van der Waals surface area contributed by atoms with Crippen molar-refractivity contribution in [1.29, 1.82) is 0 Å². The molecule has 2 rings (SSSR count). The summed E-state index contributed by atoms with van der Waals surface area (Å²) in [5, 5.41) is -0.201. The lowest BCUT2D eigenvalue weighted by atomic mass is 10.2. The maximum atomic E-state index is 12.4. The normalized spacial score (nSPS) is 17.8. The zero-order chi connectivity index (χ0) is 11.8. The molecule has 0 saturated heterocycles. The highest BCUT2D eigenvalue weighted by Crippen LogP contribution is 2.31. The van der Waals surface area contributed by atoms with E-state index in [0.717, 1.165) is 31.2 Å². The van der Waals surface area contributed by atoms with Crippen LogP contribution in [0.1, 0.15) is 31.2 Å². The van der Waals surface area contributed by atoms with Crippen LogP contribution in [0.4, 0.5) is 5.69 Å². The number of aryl methyl sites for hydroxylation is 1. The van der Waals surface area contributed by atoms with E-state index in [1.165, 1.54) is 0 Å². The second-order valence-corrected chi connectivity index (χ2v) is 6.67. The van der Waals surface area contributed by atoms with Gasteiger partial charge in [-0.1, -0.05) is 18.9 Å². The average molecular weight is 239 g/mol. The Kier molecular flexibility index (Phi) is 2.93. The fourth-order valence-corrected chi connectivity index (χ4v) is 4.43. The summed E-state index contributed by atoms with van der Waals surface area (Å²) >= 11 is 0. The van der Waals surface area contributed by atoms with E-state index < -0.39 is 9.84 Å². The van der Waals surface area contributed by atoms with Crippen LogP contribution in [-0.4, -0.2) is 13.7 Å². The molecule has 0 atom stereocenters. The third-order valence-corrected chi connectivity index (χ3v) is 5.66. The summed E-state index contributed by atoms with van der Waals surface area (Å²) in [6.45, 7) is 1.82. The Bertz CT molecular complexity index is 488. The van der Waals surface area contributed by atoms with Crippen molar-refractivity contribution in [2.45, 2.75) is 42.8 Å². The van der Waals surface area contributed by atoms with Crippen molar-refractivity contribution >= 4 is 15.5 Å². The Morgan fingerprint density at radius 2 is 1.88 bits per heavy atom. The van der Waals surface area contributed by atoms with Gasteiger partial charge in [-0.05, 0) is 37.5 Å². The number of hydrogen-bond donors (Lipinski definition) is 1. The van der Waals surface area contributed by atoms with Gasteiger partial charge in [0.05, 0.1) is 10.1 Å². The van der Waals surface area contributed by atoms with Crippen molar-refractivity contribution in [3.63, 3.8) is 0 Å². The lowest BCUT2D eigenvalue weighted by Gasteiger charge is -2.13. The van der Waals surface area contributed by atoms with E-state index in [1.54, 1.807) is 18.2 Å². The Balaban J connectivity index is 2.46. The summed E-state index contributed by atoms with van der Waals surface area (Å²) in [6, 6.07) is 5.10. The van der Waals surface area contributed by atoms with Gasteiger partial charge in [0.1, 0.15) is 0 Å². The fraction of sp³-hybridized carbons (Fsp3) is 0.500. The average Bonchev–Trinajstić information content (AvgIpc) is 2.75. The smallest absolute Gasteiger partial charge is 0.181 e. The molecule has 1 aromatic rings. The summed E-state index contributed by atoms with van der Waals surface area (Å²) < 4.78 is 24.7. The van der Waals surface area contributed by atoms with Gasteiger partial charge in [0.15, 0.2) is 9.84 Å². The van der Waals surface area contributed by atoms with Gasteiger partial charge in [-0.25, -0.2) is 8.42 Å². The molecule has 1 aliphatic rings. The Morgan fingerprint density at radius 3 is 2.50 bits per heavy atom. The topological polar surface area (TPSA) is 60.2 Å². The molecule has 0 spiro atoms. The first-order valence-electron chi connectivity index (χ1n) is 5.62. The molecule has 88 valence electrons. The zero-order valence-corrected chi connectivity index (χ0v) is 10.3. The van der Waals surface area contributed by atoms with Crippen LogP contribution in [0.15, 0.2) is 23.1 Å². The van der Waals surface area contributed by atoms with Crippen LogP contribution in [0.25, 0.3) is 0 Å². The molecule has 1 saturated carbocycles. The number of hydrogen-bond acceptors (Lipinski definition) is 3. The standard InChI is InChI=1S/C12H17NO2S/c1-9-6-7-10(13)8-12(9)16(14,15)11-4-2-3-5-11/h6-8,11H,2-5,13H2,1H3. The van der Waals surface area contributed by atoms with Crippen molar-refractivity contribution in [2.75, 3.05) is 5.73 Å². The van der Waals surface area contributed by atoms with Crippen molar-refractivity contribution in [3.05, 3.63) is 23.8 Å². The SMILES string of the molecule is Cc1ccc(N)cc1S(=O)(=O)C1CCCC1. The molecule has 0 aliphatic heterocycles. The van der Waals surface area contributed by atoms with Gasteiger partial charge in [-0.15, -0.1) is 0 Å². The largest absolute Gasteiger partial charge is 0.399 e. The molecule has 3 nitrogen and oxygen atoms in total. The Morgan fingerprint density at radius 1 is 1.25 bits per heavy atom. The van der Waals surface area contributed by atoms with Crippen LogP contribution in [0.3, 0.4) is 0 Å². The lowest BCUT2D eigenvalue weighted by Crippen LogP contribution is -2.18. The monoisotopic (exact) mass is 239 g/mol. The number of nitrogen functional groups attached to an aromatic ring is 1. The first-order valence-corrected chi connectivity index (χ1v) is 7.16. The minimum absolute atomic E-state index is 0.201. The fourth-order valence-electron chi connectivity index (χ4n) is 2.30. The highest BCUT2D eigenvalue weighted by Gasteiger charge is 2.31. The van der Waals surface area contributed by atoms with Gasteiger partial charge < -0.3 is 5.73 Å². The Labute approximate surface area is 96.6 Å². The van der Waals surface area contributed by atoms with Gasteiger partial charge in [0, 0.05) is 5.69 Å². The van der Waals surface area contributed by atoms with Crippen LogP contribution in [-0.2, 0) is 9.84 Å². The molecule has 0 unspecified atom stereocenters. The molecule has 0 amide bonds. The minimum Gasteiger partial charge on any atom is -0.399 e. The molecule has 0 radical (unpaired) electrons. The third kappa shape index (κ3) is 1.94. The van der Waals surface area contributed by atoms with Crippen LogP contribution in [0.2, 0.25) is 0 Å². The first-order chi connectivity index (χ1) is 7.51. The van der Waals surface area contributed by atoms with Crippen molar-refractivity contribution < 1.29 is 8.42 Å². The summed E-state index contributed by atoms with van der Waals surface area (Å²) in [5.74, 6) is 0. The van der Waals surface area contributed by atoms with Crippen LogP contribution in [0, 0.1) is 6.92 Å². The zero-order valence-electron chi connectivity index (χ0n) is 9.44. The van der Waals surface area contributed by atoms with E-state index in [0.29, 0.717) is 10.6 Å². The summed E-state index contributed by atoms with van der Waals surface area (Å²) in [5.41, 5.74) is 6.97. The number of rotatable bonds is 2. The van der Waals surface area contributed by atoms with Gasteiger partial charge in [-0.2, -0.15) is 0 Å². The van der Waals surface area contributed by atoms with Crippen LogP contribution in [0.5, 0.6) is 0 Å². The molecule has 1 aromatic carbocycles. The molecular weight excluding hydrogens is 222 g/mol. The summed E-state index contributed by atoms with van der Waals surface area (Å²) in [4.78, 5) is 0.416. The first kappa shape index (κ1) is 11.5. The van der Waals surface area contributed by atoms with Crippen molar-refractivity contribution in [2.24, 2.45) is 0 Å². The predicted octanol–water partition coefficient (Wildman–Crippen LogP) is 2.29. The molecule has 1 aliphatic carbocycles. The second kappa shape index (κ2) is 4.09. The van der Waals surface area contributed by atoms with Gasteiger partial charge in [-0.3, -0.25) is 0 Å². The molecule has 0 bridgehead atoms. The third-order valence-electron chi connectivity index (χ3n) is 3.26. The second-order valence-electron chi connectivity index (χ2n) is 4.48. The Hall–Kier alpha value is -1.03. The quantitative estimate of drug-likeness (QED) is 0.805. The predicted molar refractivity (Wildman–Crippen MR) is 65.0 cm³/mol.